The van der Waals surface area contributed by atoms with Crippen LogP contribution in [-0.2, 0) is 21.4 Å². The Labute approximate surface area is 271 Å². The van der Waals surface area contributed by atoms with E-state index in [0.29, 0.717) is 12.4 Å². The number of aryl methyl sites for hydroxylation is 1. The number of carboxylic acid groups (broad SMARTS) is 1. The smallest absolute Gasteiger partial charge is 0.307 e. The molecule has 0 aliphatic carbocycles. The van der Waals surface area contributed by atoms with Crippen molar-refractivity contribution in [2.75, 3.05) is 24.6 Å². The van der Waals surface area contributed by atoms with Crippen LogP contribution in [0.3, 0.4) is 0 Å². The number of carbonyl (C=O) groups is 1. The number of hydrogen-bond donors (Lipinski definition) is 1. The molecule has 244 valence electrons. The van der Waals surface area contributed by atoms with Crippen LogP contribution in [0.25, 0.3) is 28.0 Å². The highest BCUT2D eigenvalue weighted by Gasteiger charge is 2.35. The van der Waals surface area contributed by atoms with E-state index in [1.54, 1.807) is 6.07 Å². The van der Waals surface area contributed by atoms with Crippen molar-refractivity contribution in [3.8, 4) is 28.1 Å². The summed E-state index contributed by atoms with van der Waals surface area (Å²) in [4.78, 5) is 19.8. The van der Waals surface area contributed by atoms with Crippen LogP contribution < -0.4 is 9.64 Å². The van der Waals surface area contributed by atoms with Gasteiger partial charge in [-0.1, -0.05) is 39.0 Å². The van der Waals surface area contributed by atoms with E-state index in [-0.39, 0.29) is 29.4 Å². The first-order valence-electron chi connectivity index (χ1n) is 16.6. The predicted molar refractivity (Wildman–Crippen MR) is 181 cm³/mol. The summed E-state index contributed by atoms with van der Waals surface area (Å²) in [5.41, 5.74) is 7.44. The van der Waals surface area contributed by atoms with Crippen LogP contribution >= 0.6 is 0 Å². The lowest BCUT2D eigenvalue weighted by molar-refractivity contribution is -0.136. The van der Waals surface area contributed by atoms with Gasteiger partial charge in [0.1, 0.15) is 11.6 Å². The van der Waals surface area contributed by atoms with Gasteiger partial charge >= 0.3 is 5.97 Å². The number of rotatable bonds is 2. The molecule has 0 saturated carbocycles. The minimum Gasteiger partial charge on any atom is -0.490 e. The maximum absolute atomic E-state index is 14.5. The number of carboxylic acids is 1. The first-order chi connectivity index (χ1) is 21.8. The van der Waals surface area contributed by atoms with Crippen molar-refractivity contribution in [1.82, 2.24) is 9.38 Å². The van der Waals surface area contributed by atoms with Crippen LogP contribution in [0.4, 0.5) is 10.1 Å². The highest BCUT2D eigenvalue weighted by atomic mass is 19.1. The zero-order valence-electron chi connectivity index (χ0n) is 28.0. The monoisotopic (exact) mass is 627 g/mol. The molecule has 0 spiro atoms. The highest BCUT2D eigenvalue weighted by Crippen LogP contribution is 2.42. The van der Waals surface area contributed by atoms with Crippen LogP contribution in [0.2, 0.25) is 0 Å². The van der Waals surface area contributed by atoms with Crippen LogP contribution in [0.1, 0.15) is 83.5 Å². The van der Waals surface area contributed by atoms with Gasteiger partial charge in [0.15, 0.2) is 5.65 Å². The van der Waals surface area contributed by atoms with E-state index in [0.717, 1.165) is 95.7 Å². The van der Waals surface area contributed by atoms with Crippen LogP contribution in [0, 0.1) is 12.7 Å². The number of fused-ring (bicyclic) bond motifs is 8. The number of benzene rings is 2. The fourth-order valence-corrected chi connectivity index (χ4v) is 7.09. The lowest BCUT2D eigenvalue weighted by Gasteiger charge is -2.41. The van der Waals surface area contributed by atoms with Gasteiger partial charge in [-0.2, -0.15) is 0 Å². The fourth-order valence-electron chi connectivity index (χ4n) is 7.09. The second-order valence-electron chi connectivity index (χ2n) is 14.4. The van der Waals surface area contributed by atoms with E-state index >= 15 is 0 Å². The lowest BCUT2D eigenvalue weighted by Crippen LogP contribution is -2.45. The highest BCUT2D eigenvalue weighted by molar-refractivity contribution is 5.85. The van der Waals surface area contributed by atoms with Crippen LogP contribution in [-0.4, -0.2) is 51.9 Å². The van der Waals surface area contributed by atoms with Gasteiger partial charge in [-0.15, -0.1) is 0 Å². The first kappa shape index (κ1) is 32.0. The number of halogens is 1. The largest absolute Gasteiger partial charge is 0.490 e. The SMILES string of the molecule is Cc1cn2c(C(C)(C)C)c3nc2c(c1CC(=O)O)N1CCC(C)(CC1)OCCCCC(C)Oc1cc(F)ccc1-c1cccc-3c1. The van der Waals surface area contributed by atoms with Gasteiger partial charge in [0.2, 0.25) is 0 Å². The normalized spacial score (nSPS) is 20.8. The number of pyridine rings is 1. The van der Waals surface area contributed by atoms with Gasteiger partial charge in [0, 0.05) is 48.5 Å². The number of aromatic nitrogens is 2. The van der Waals surface area contributed by atoms with Crippen LogP contribution in [0.5, 0.6) is 5.75 Å². The summed E-state index contributed by atoms with van der Waals surface area (Å²) in [7, 11) is 0. The molecule has 1 N–H and O–H groups in total. The van der Waals surface area contributed by atoms with E-state index in [1.165, 1.54) is 12.1 Å². The van der Waals surface area contributed by atoms with Gasteiger partial charge in [-0.05, 0) is 87.8 Å². The summed E-state index contributed by atoms with van der Waals surface area (Å²) < 4.78 is 29.6. The molecular weight excluding hydrogens is 581 g/mol. The Morgan fingerprint density at radius 3 is 2.57 bits per heavy atom. The second-order valence-corrected chi connectivity index (χ2v) is 14.4. The average molecular weight is 628 g/mol. The van der Waals surface area contributed by atoms with Gasteiger partial charge in [0.25, 0.3) is 0 Å². The molecule has 1 atom stereocenters. The summed E-state index contributed by atoms with van der Waals surface area (Å²) in [5, 5.41) is 9.98. The molecule has 2 aromatic carbocycles. The molecule has 1 fully saturated rings. The molecule has 3 aliphatic rings. The molecule has 2 aromatic heterocycles. The molecule has 46 heavy (non-hydrogen) atoms. The molecule has 6 bridgehead atoms. The van der Waals surface area contributed by atoms with E-state index in [2.05, 4.69) is 55.3 Å². The third kappa shape index (κ3) is 6.37. The number of ether oxygens (including phenoxy) is 2. The summed E-state index contributed by atoms with van der Waals surface area (Å²) in [6, 6.07) is 12.9. The average Bonchev–Trinajstić information content (AvgIpc) is 3.37. The topological polar surface area (TPSA) is 76.3 Å². The van der Waals surface area contributed by atoms with Gasteiger partial charge in [-0.3, -0.25) is 4.79 Å². The van der Waals surface area contributed by atoms with Crippen molar-refractivity contribution in [3.05, 3.63) is 71.3 Å². The van der Waals surface area contributed by atoms with E-state index < -0.39 is 5.97 Å². The summed E-state index contributed by atoms with van der Waals surface area (Å²) >= 11 is 0. The summed E-state index contributed by atoms with van der Waals surface area (Å²) in [6.45, 7) is 15.0. The van der Waals surface area contributed by atoms with Gasteiger partial charge < -0.3 is 23.9 Å². The zero-order chi connectivity index (χ0) is 32.8. The quantitative estimate of drug-likeness (QED) is 0.241. The maximum atomic E-state index is 14.5. The molecule has 8 heteroatoms. The molecule has 1 unspecified atom stereocenters. The fraction of sp³-hybridized carbons (Fsp3) is 0.474. The summed E-state index contributed by atoms with van der Waals surface area (Å²) in [5.74, 6) is -0.670. The Morgan fingerprint density at radius 2 is 1.85 bits per heavy atom. The Bertz CT molecular complexity index is 1760. The predicted octanol–water partition coefficient (Wildman–Crippen LogP) is 8.37. The molecule has 3 aliphatic heterocycles. The molecule has 5 heterocycles. The molecular formula is C38H46FN3O4. The molecule has 0 radical (unpaired) electrons. The zero-order valence-corrected chi connectivity index (χ0v) is 28.0. The standard InChI is InChI=1S/C38H46FN3O4/c1-24-23-42-35(37(3,4)5)33-27-12-9-11-26(20-27)29-14-13-28(39)21-31(29)46-25(2)10-7-8-19-45-38(6)15-17-41(18-16-38)34(36(42)40-33)30(24)22-32(43)44/h9,11-14,20-21,23,25H,7-8,10,15-19,22H2,1-6H3,(H,43,44). The van der Waals surface area contributed by atoms with E-state index in [1.807, 2.05) is 26.0 Å². The molecule has 7 rings (SSSR count). The van der Waals surface area contributed by atoms with Crippen molar-refractivity contribution in [2.45, 2.75) is 97.2 Å². The number of piperidine rings is 1. The minimum atomic E-state index is -0.859. The maximum Gasteiger partial charge on any atom is 0.307 e. The van der Waals surface area contributed by atoms with Gasteiger partial charge in [-0.25, -0.2) is 9.37 Å². The number of aliphatic carboxylic acids is 1. The number of hydrogen-bond acceptors (Lipinski definition) is 5. The van der Waals surface area contributed by atoms with E-state index in [9.17, 15) is 14.3 Å². The number of nitrogens with zero attached hydrogens (tertiary/aromatic N) is 3. The van der Waals surface area contributed by atoms with Crippen molar-refractivity contribution < 1.29 is 23.8 Å². The van der Waals surface area contributed by atoms with Gasteiger partial charge in [0.05, 0.1) is 35.2 Å². The minimum absolute atomic E-state index is 0.0732. The molecule has 1 saturated heterocycles. The number of anilines is 1. The first-order valence-corrected chi connectivity index (χ1v) is 16.6. The van der Waals surface area contributed by atoms with Crippen molar-refractivity contribution >= 4 is 17.3 Å². The molecule has 7 nitrogen and oxygen atoms in total. The lowest BCUT2D eigenvalue weighted by atomic mass is 9.88. The molecule has 0 amide bonds. The van der Waals surface area contributed by atoms with Crippen molar-refractivity contribution in [3.63, 3.8) is 0 Å². The third-order valence-corrected chi connectivity index (χ3v) is 9.56. The van der Waals surface area contributed by atoms with E-state index in [4.69, 9.17) is 14.5 Å². The molecule has 4 aromatic rings. The van der Waals surface area contributed by atoms with Crippen molar-refractivity contribution in [2.24, 2.45) is 0 Å². The Morgan fingerprint density at radius 1 is 1.11 bits per heavy atom. The number of imidazole rings is 1. The van der Waals surface area contributed by atoms with Crippen molar-refractivity contribution in [1.29, 1.82) is 0 Å². The Balaban J connectivity index is 1.59. The second kappa shape index (κ2) is 12.4. The summed E-state index contributed by atoms with van der Waals surface area (Å²) in [6.07, 6.45) is 6.27. The Kier molecular flexibility index (Phi) is 8.61. The third-order valence-electron chi connectivity index (χ3n) is 9.56. The van der Waals surface area contributed by atoms with Crippen LogP contribution in [0.15, 0.2) is 48.7 Å². The Hall–Kier alpha value is -3.91.